The van der Waals surface area contributed by atoms with Gasteiger partial charge in [0.2, 0.25) is 0 Å². The fourth-order valence-electron chi connectivity index (χ4n) is 0.968. The second kappa shape index (κ2) is 4.82. The van der Waals surface area contributed by atoms with Crippen LogP contribution in [0.25, 0.3) is 0 Å². The van der Waals surface area contributed by atoms with Crippen LogP contribution in [0.5, 0.6) is 0 Å². The van der Waals surface area contributed by atoms with E-state index in [0.29, 0.717) is 0 Å². The first kappa shape index (κ1) is 13.6. The maximum Gasteiger partial charge on any atom is 0.107 e. The molecule has 92 valence electrons. The molecule has 0 aliphatic carbocycles. The first-order chi connectivity index (χ1) is 7.26. The molecule has 16 heavy (non-hydrogen) atoms. The molecule has 0 atom stereocenters. The highest BCUT2D eigenvalue weighted by Crippen LogP contribution is 2.24. The van der Waals surface area contributed by atoms with Crippen molar-refractivity contribution in [2.24, 2.45) is 5.14 Å². The van der Waals surface area contributed by atoms with E-state index in [9.17, 15) is 8.76 Å². The van der Waals surface area contributed by atoms with Crippen molar-refractivity contribution in [3.05, 3.63) is 29.8 Å². The van der Waals surface area contributed by atoms with Gasteiger partial charge in [0.1, 0.15) is 6.61 Å². The Morgan fingerprint density at radius 2 is 2.00 bits per heavy atom. The molecule has 1 aromatic carbocycles. The molecular weight excluding hydrogens is 250 g/mol. The zero-order chi connectivity index (χ0) is 12.3. The van der Waals surface area contributed by atoms with Gasteiger partial charge < -0.3 is 0 Å². The van der Waals surface area contributed by atoms with Crippen LogP contribution in [0.15, 0.2) is 29.2 Å². The van der Waals surface area contributed by atoms with Crippen molar-refractivity contribution in [3.8, 4) is 0 Å². The second-order valence-electron chi connectivity index (χ2n) is 3.74. The predicted octanol–water partition coefficient (Wildman–Crippen LogP) is 1.52. The minimum atomic E-state index is -3.95. The van der Waals surface area contributed by atoms with Gasteiger partial charge in [0, 0.05) is 11.2 Å². The molecule has 0 aromatic heterocycles. The highest BCUT2D eigenvalue weighted by atomic mass is 32.3. The van der Waals surface area contributed by atoms with Gasteiger partial charge in [-0.15, -0.1) is 21.3 Å². The quantitative estimate of drug-likeness (QED) is 0.426. The molecule has 0 aliphatic heterocycles. The molecule has 0 fully saturated rings. The Morgan fingerprint density at radius 1 is 1.44 bits per heavy atom. The minimum Gasteiger partial charge on any atom is -0.290 e. The van der Waals surface area contributed by atoms with E-state index in [0.717, 1.165) is 16.7 Å². The van der Waals surface area contributed by atoms with Crippen LogP contribution < -0.4 is 5.14 Å². The average Bonchev–Trinajstić information content (AvgIpc) is 2.15. The number of rotatable bonds is 5. The number of hydrogen-bond donors (Lipinski definition) is 3. The summed E-state index contributed by atoms with van der Waals surface area (Å²) in [6, 6.07) is 7.08. The average molecular weight is 265 g/mol. The summed E-state index contributed by atoms with van der Waals surface area (Å²) < 4.78 is 20.7. The van der Waals surface area contributed by atoms with E-state index in [-0.39, 0.29) is 11.7 Å². The van der Waals surface area contributed by atoms with Crippen molar-refractivity contribution in [1.82, 2.24) is 0 Å². The van der Waals surface area contributed by atoms with Gasteiger partial charge in [-0.1, -0.05) is 12.1 Å². The van der Waals surface area contributed by atoms with Crippen LogP contribution in [0.2, 0.25) is 0 Å². The largest absolute Gasteiger partial charge is 0.290 e. The van der Waals surface area contributed by atoms with Gasteiger partial charge in [-0.05, 0) is 17.7 Å². The molecule has 5 nitrogen and oxygen atoms in total. The summed E-state index contributed by atoms with van der Waals surface area (Å²) >= 11 is 1.21. The molecule has 1 aromatic rings. The topological polar surface area (TPSA) is 92.8 Å². The first-order valence-electron chi connectivity index (χ1n) is 4.42. The number of hydrogen-bond acceptors (Lipinski definition) is 4. The van der Waals surface area contributed by atoms with E-state index in [1.807, 2.05) is 0 Å². The van der Waals surface area contributed by atoms with E-state index in [2.05, 4.69) is 4.89 Å². The van der Waals surface area contributed by atoms with Crippen LogP contribution in [0, 0.1) is 0 Å². The lowest BCUT2D eigenvalue weighted by Crippen LogP contribution is -2.42. The Hall–Kier alpha value is -0.440. The third kappa shape index (κ3) is 5.59. The predicted molar refractivity (Wildman–Crippen MR) is 65.5 cm³/mol. The van der Waals surface area contributed by atoms with Crippen LogP contribution in [0.3, 0.4) is 0 Å². The van der Waals surface area contributed by atoms with Crippen molar-refractivity contribution in [2.45, 2.75) is 11.5 Å². The molecule has 0 saturated carbocycles. The summed E-state index contributed by atoms with van der Waals surface area (Å²) in [6.45, 7) is 0.120. The molecule has 0 bridgehead atoms. The lowest BCUT2D eigenvalue weighted by molar-refractivity contribution is -0.253. The van der Waals surface area contributed by atoms with Gasteiger partial charge in [0.25, 0.3) is 0 Å². The van der Waals surface area contributed by atoms with Crippen molar-refractivity contribution < 1.29 is 18.9 Å². The SMILES string of the molecule is CS(N)(=O)(O)CSc1ccc(COO)cc1. The summed E-state index contributed by atoms with van der Waals surface area (Å²) in [4.78, 5) is 4.82. The molecule has 0 spiro atoms. The summed E-state index contributed by atoms with van der Waals surface area (Å²) in [5.41, 5.74) is 0.817. The fraction of sp³-hybridized carbons (Fsp3) is 0.333. The molecule has 0 heterocycles. The van der Waals surface area contributed by atoms with Crippen LogP contribution >= 0.6 is 11.8 Å². The first-order valence-corrected chi connectivity index (χ1v) is 7.97. The zero-order valence-electron chi connectivity index (χ0n) is 8.83. The minimum absolute atomic E-state index is 0.0486. The van der Waals surface area contributed by atoms with Gasteiger partial charge in [-0.25, -0.2) is 10.0 Å². The number of nitrogens with two attached hydrogens (primary N) is 1. The van der Waals surface area contributed by atoms with Crippen molar-refractivity contribution in [2.75, 3.05) is 11.3 Å². The molecule has 0 radical (unpaired) electrons. The Balaban J connectivity index is 2.60. The highest BCUT2D eigenvalue weighted by Gasteiger charge is 2.14. The molecule has 0 amide bonds. The van der Waals surface area contributed by atoms with Crippen molar-refractivity contribution in [3.63, 3.8) is 0 Å². The Morgan fingerprint density at radius 3 is 2.44 bits per heavy atom. The van der Waals surface area contributed by atoms with Gasteiger partial charge in [0.15, 0.2) is 0 Å². The monoisotopic (exact) mass is 265 g/mol. The maximum absolute atomic E-state index is 11.4. The second-order valence-corrected chi connectivity index (χ2v) is 8.57. The number of benzene rings is 1. The molecule has 1 rings (SSSR count). The summed E-state index contributed by atoms with van der Waals surface area (Å²) in [6.07, 6.45) is 1.14. The summed E-state index contributed by atoms with van der Waals surface area (Å²) in [7, 11) is -3.95. The molecule has 0 saturated heterocycles. The van der Waals surface area contributed by atoms with Crippen LogP contribution in [-0.2, 0) is 21.0 Å². The summed E-state index contributed by atoms with van der Waals surface area (Å²) in [5.74, 6) is 0. The molecule has 4 N–H and O–H groups in total. The fourth-order valence-corrected chi connectivity index (χ4v) is 2.99. The van der Waals surface area contributed by atoms with E-state index in [4.69, 9.17) is 10.4 Å². The highest BCUT2D eigenvalue weighted by molar-refractivity contribution is 8.23. The third-order valence-corrected chi connectivity index (χ3v) is 5.04. The molecule has 7 heteroatoms. The van der Waals surface area contributed by atoms with E-state index < -0.39 is 9.53 Å². The van der Waals surface area contributed by atoms with Gasteiger partial charge in [-0.2, -0.15) is 4.21 Å². The number of thioether (sulfide) groups is 1. The summed E-state index contributed by atoms with van der Waals surface area (Å²) in [5, 5.41) is 13.4. The Kier molecular flexibility index (Phi) is 4.11. The van der Waals surface area contributed by atoms with E-state index in [1.54, 1.807) is 24.3 Å². The lowest BCUT2D eigenvalue weighted by Gasteiger charge is -2.32. The lowest BCUT2D eigenvalue weighted by atomic mass is 10.2. The standard InChI is InChI=1S/C9H15NO4S2/c1-16(10,12,13)7-15-9-4-2-8(3-5-9)6-14-11/h2-5,11H,6-7H2,1H3,(H3,10,12,13). The normalized spacial score (nSPS) is 14.4. The molecular formula is C9H15NO4S2. The van der Waals surface area contributed by atoms with Crippen molar-refractivity contribution >= 4 is 21.3 Å². The van der Waals surface area contributed by atoms with Crippen LogP contribution in [-0.4, -0.2) is 25.4 Å². The maximum atomic E-state index is 11.4. The van der Waals surface area contributed by atoms with Gasteiger partial charge >= 0.3 is 0 Å². The molecule has 0 aliphatic rings. The Bertz CT molecular complexity index is 401. The van der Waals surface area contributed by atoms with Gasteiger partial charge in [-0.3, -0.25) is 9.81 Å². The van der Waals surface area contributed by atoms with Crippen LogP contribution in [0.1, 0.15) is 5.56 Å². The zero-order valence-corrected chi connectivity index (χ0v) is 10.5. The van der Waals surface area contributed by atoms with Crippen LogP contribution in [0.4, 0.5) is 0 Å². The van der Waals surface area contributed by atoms with Gasteiger partial charge in [0.05, 0.1) is 5.08 Å². The van der Waals surface area contributed by atoms with Crippen molar-refractivity contribution in [1.29, 1.82) is 0 Å². The third-order valence-electron chi connectivity index (χ3n) is 1.67. The van der Waals surface area contributed by atoms with E-state index >= 15 is 0 Å². The smallest absolute Gasteiger partial charge is 0.107 e. The molecule has 0 unspecified atom stereocenters. The van der Waals surface area contributed by atoms with E-state index in [1.165, 1.54) is 11.8 Å². The Labute approximate surface area is 98.3 Å².